The van der Waals surface area contributed by atoms with Crippen LogP contribution in [0.1, 0.15) is 27.4 Å². The third kappa shape index (κ3) is 3.79. The molecule has 0 atom stereocenters. The van der Waals surface area contributed by atoms with Crippen molar-refractivity contribution in [3.8, 4) is 0 Å². The lowest BCUT2D eigenvalue weighted by atomic mass is 10.3. The molecule has 2 aromatic heterocycles. The number of ether oxygens (including phenoxy) is 1. The molecule has 0 saturated heterocycles. The molecule has 2 heterocycles. The Morgan fingerprint density at radius 2 is 2.27 bits per heavy atom. The Morgan fingerprint density at radius 3 is 2.95 bits per heavy atom. The molecule has 0 fully saturated rings. The van der Waals surface area contributed by atoms with Gasteiger partial charge in [-0.2, -0.15) is 5.10 Å². The summed E-state index contributed by atoms with van der Waals surface area (Å²) in [6.07, 6.45) is 3.22. The number of carbonyl (C=O) groups excluding carboxylic acids is 1. The summed E-state index contributed by atoms with van der Waals surface area (Å²) in [5.74, 6) is -0.329. The summed E-state index contributed by atoms with van der Waals surface area (Å²) in [6, 6.07) is 7.19. The van der Waals surface area contributed by atoms with Gasteiger partial charge in [0.05, 0.1) is 12.8 Å². The van der Waals surface area contributed by atoms with E-state index in [9.17, 15) is 4.79 Å². The van der Waals surface area contributed by atoms with Crippen LogP contribution in [0.2, 0.25) is 0 Å². The second-order valence-electron chi connectivity index (χ2n) is 4.89. The van der Waals surface area contributed by atoms with E-state index < -0.39 is 0 Å². The summed E-state index contributed by atoms with van der Waals surface area (Å²) in [5.41, 5.74) is 6.01. The molecule has 6 nitrogen and oxygen atoms in total. The highest BCUT2D eigenvalue weighted by molar-refractivity contribution is 5.93. The number of pyridine rings is 1. The van der Waals surface area contributed by atoms with Gasteiger partial charge in [-0.05, 0) is 32.0 Å². The number of methoxy groups -OCH3 is 1. The van der Waals surface area contributed by atoms with Crippen LogP contribution in [-0.4, -0.2) is 35.4 Å². The Hall–Kier alpha value is -2.47. The van der Waals surface area contributed by atoms with Gasteiger partial charge in [-0.15, -0.1) is 0 Å². The Labute approximate surface area is 129 Å². The topological polar surface area (TPSA) is 68.5 Å². The number of hydrogen-bond acceptors (Lipinski definition) is 4. The SMILES string of the molecule is COCCn1c(C)cc(/C=N/NC(=O)c2ccccn2)c1C. The minimum absolute atomic E-state index is 0.329. The Morgan fingerprint density at radius 1 is 1.45 bits per heavy atom. The summed E-state index contributed by atoms with van der Waals surface area (Å²) in [4.78, 5) is 15.8. The van der Waals surface area contributed by atoms with Gasteiger partial charge >= 0.3 is 0 Å². The van der Waals surface area contributed by atoms with Crippen molar-refractivity contribution in [2.24, 2.45) is 5.10 Å². The van der Waals surface area contributed by atoms with Crippen molar-refractivity contribution in [1.29, 1.82) is 0 Å². The molecular weight excluding hydrogens is 280 g/mol. The number of nitrogens with zero attached hydrogens (tertiary/aromatic N) is 3. The number of amides is 1. The van der Waals surface area contributed by atoms with Crippen LogP contribution in [0.5, 0.6) is 0 Å². The van der Waals surface area contributed by atoms with Gasteiger partial charge in [0.25, 0.3) is 5.91 Å². The van der Waals surface area contributed by atoms with Crippen LogP contribution < -0.4 is 5.43 Å². The number of nitrogens with one attached hydrogen (secondary N) is 1. The van der Waals surface area contributed by atoms with Crippen molar-refractivity contribution in [3.05, 3.63) is 53.1 Å². The fraction of sp³-hybridized carbons (Fsp3) is 0.312. The van der Waals surface area contributed by atoms with E-state index >= 15 is 0 Å². The molecule has 0 aromatic carbocycles. The smallest absolute Gasteiger partial charge is 0.289 e. The standard InChI is InChI=1S/C16H20N4O2/c1-12-10-14(13(2)20(12)8-9-22-3)11-18-19-16(21)15-6-4-5-7-17-15/h4-7,10-11H,8-9H2,1-3H3,(H,19,21)/b18-11+. The summed E-state index contributed by atoms with van der Waals surface area (Å²) in [7, 11) is 1.68. The van der Waals surface area contributed by atoms with Crippen LogP contribution in [0.25, 0.3) is 0 Å². The number of carbonyl (C=O) groups is 1. The largest absolute Gasteiger partial charge is 0.383 e. The number of hydrogen-bond donors (Lipinski definition) is 1. The molecule has 0 aliphatic carbocycles. The Bertz CT molecular complexity index is 662. The minimum atomic E-state index is -0.329. The van der Waals surface area contributed by atoms with Crippen molar-refractivity contribution in [1.82, 2.24) is 15.0 Å². The third-order valence-electron chi connectivity index (χ3n) is 3.40. The lowest BCUT2D eigenvalue weighted by Gasteiger charge is -2.08. The minimum Gasteiger partial charge on any atom is -0.383 e. The third-order valence-corrected chi connectivity index (χ3v) is 3.40. The Balaban J connectivity index is 2.03. The van der Waals surface area contributed by atoms with Gasteiger partial charge in [-0.25, -0.2) is 5.43 Å². The van der Waals surface area contributed by atoms with Crippen LogP contribution in [-0.2, 0) is 11.3 Å². The fourth-order valence-corrected chi connectivity index (χ4v) is 2.20. The predicted molar refractivity (Wildman–Crippen MR) is 85.1 cm³/mol. The van der Waals surface area contributed by atoms with Crippen molar-refractivity contribution in [2.75, 3.05) is 13.7 Å². The van der Waals surface area contributed by atoms with E-state index in [-0.39, 0.29) is 5.91 Å². The number of hydrazone groups is 1. The van der Waals surface area contributed by atoms with Crippen molar-refractivity contribution in [3.63, 3.8) is 0 Å². The zero-order valence-electron chi connectivity index (χ0n) is 13.0. The fourth-order valence-electron chi connectivity index (χ4n) is 2.20. The lowest BCUT2D eigenvalue weighted by Crippen LogP contribution is -2.18. The quantitative estimate of drug-likeness (QED) is 0.654. The van der Waals surface area contributed by atoms with Crippen LogP contribution in [0.4, 0.5) is 0 Å². The highest BCUT2D eigenvalue weighted by atomic mass is 16.5. The second-order valence-corrected chi connectivity index (χ2v) is 4.89. The first-order chi connectivity index (χ1) is 10.6. The first kappa shape index (κ1) is 15.9. The molecule has 1 amide bonds. The number of rotatable bonds is 6. The molecule has 0 spiro atoms. The summed E-state index contributed by atoms with van der Waals surface area (Å²) in [5, 5.41) is 4.00. The predicted octanol–water partition coefficient (Wildman–Crippen LogP) is 1.91. The molecular formula is C16H20N4O2. The molecule has 0 aliphatic rings. The van der Waals surface area contributed by atoms with E-state index in [1.165, 1.54) is 0 Å². The normalized spacial score (nSPS) is 11.0. The molecule has 0 unspecified atom stereocenters. The van der Waals surface area contributed by atoms with Crippen molar-refractivity contribution < 1.29 is 9.53 Å². The van der Waals surface area contributed by atoms with E-state index in [0.29, 0.717) is 12.3 Å². The maximum Gasteiger partial charge on any atom is 0.289 e. The van der Waals surface area contributed by atoms with E-state index in [2.05, 4.69) is 20.1 Å². The Kier molecular flexibility index (Phi) is 5.43. The van der Waals surface area contributed by atoms with Crippen LogP contribution in [0.3, 0.4) is 0 Å². The molecule has 0 bridgehead atoms. The zero-order valence-corrected chi connectivity index (χ0v) is 13.0. The van der Waals surface area contributed by atoms with E-state index in [1.807, 2.05) is 19.9 Å². The molecule has 0 aliphatic heterocycles. The molecule has 2 aromatic rings. The van der Waals surface area contributed by atoms with Crippen LogP contribution >= 0.6 is 0 Å². The average molecular weight is 300 g/mol. The van der Waals surface area contributed by atoms with Crippen LogP contribution in [0, 0.1) is 13.8 Å². The van der Waals surface area contributed by atoms with E-state index in [1.54, 1.807) is 37.7 Å². The highest BCUT2D eigenvalue weighted by Gasteiger charge is 2.08. The number of aryl methyl sites for hydroxylation is 1. The molecule has 116 valence electrons. The molecule has 0 radical (unpaired) electrons. The summed E-state index contributed by atoms with van der Waals surface area (Å²) >= 11 is 0. The van der Waals surface area contributed by atoms with Crippen molar-refractivity contribution >= 4 is 12.1 Å². The van der Waals surface area contributed by atoms with Gasteiger partial charge in [0.1, 0.15) is 5.69 Å². The lowest BCUT2D eigenvalue weighted by molar-refractivity contribution is 0.0950. The molecule has 0 saturated carbocycles. The molecule has 6 heteroatoms. The second kappa shape index (κ2) is 7.51. The van der Waals surface area contributed by atoms with Crippen molar-refractivity contribution in [2.45, 2.75) is 20.4 Å². The van der Waals surface area contributed by atoms with Gasteiger partial charge in [-0.3, -0.25) is 9.78 Å². The van der Waals surface area contributed by atoms with Gasteiger partial charge in [0, 0.05) is 36.8 Å². The first-order valence-electron chi connectivity index (χ1n) is 7.03. The van der Waals surface area contributed by atoms with E-state index in [0.717, 1.165) is 23.5 Å². The van der Waals surface area contributed by atoms with Gasteiger partial charge in [0.15, 0.2) is 0 Å². The zero-order chi connectivity index (χ0) is 15.9. The summed E-state index contributed by atoms with van der Waals surface area (Å²) < 4.78 is 7.27. The van der Waals surface area contributed by atoms with Gasteiger partial charge < -0.3 is 9.30 Å². The van der Waals surface area contributed by atoms with Gasteiger partial charge in [-0.1, -0.05) is 6.07 Å². The van der Waals surface area contributed by atoms with Gasteiger partial charge in [0.2, 0.25) is 0 Å². The maximum atomic E-state index is 11.8. The maximum absolute atomic E-state index is 11.8. The number of aromatic nitrogens is 2. The average Bonchev–Trinajstić information content (AvgIpc) is 2.80. The highest BCUT2D eigenvalue weighted by Crippen LogP contribution is 2.13. The molecule has 2 rings (SSSR count). The van der Waals surface area contributed by atoms with Crippen LogP contribution in [0.15, 0.2) is 35.6 Å². The monoisotopic (exact) mass is 300 g/mol. The summed E-state index contributed by atoms with van der Waals surface area (Å²) in [6.45, 7) is 5.50. The molecule has 22 heavy (non-hydrogen) atoms. The molecule has 1 N–H and O–H groups in total. The van der Waals surface area contributed by atoms with E-state index in [4.69, 9.17) is 4.74 Å². The first-order valence-corrected chi connectivity index (χ1v) is 7.03.